The van der Waals surface area contributed by atoms with E-state index in [1.54, 1.807) is 24.3 Å². The van der Waals surface area contributed by atoms with E-state index in [2.05, 4.69) is 15.0 Å². The van der Waals surface area contributed by atoms with E-state index in [0.717, 1.165) is 5.56 Å². The van der Waals surface area contributed by atoms with Crippen LogP contribution in [0.4, 0.5) is 5.95 Å². The van der Waals surface area contributed by atoms with Crippen LogP contribution in [0.1, 0.15) is 5.56 Å². The van der Waals surface area contributed by atoms with Crippen molar-refractivity contribution in [2.45, 2.75) is 6.61 Å². The molecule has 0 radical (unpaired) electrons. The minimum absolute atomic E-state index is 0.0174. The molecule has 1 aromatic heterocycles. The van der Waals surface area contributed by atoms with E-state index in [-0.39, 0.29) is 24.6 Å². The first-order chi connectivity index (χ1) is 8.71. The Bertz CT molecular complexity index is 530. The maximum absolute atomic E-state index is 8.92. The Kier molecular flexibility index (Phi) is 3.54. The Labute approximate surface area is 103 Å². The summed E-state index contributed by atoms with van der Waals surface area (Å²) in [6.45, 7) is -0.0210. The molecule has 0 saturated carbocycles. The predicted octanol–water partition coefficient (Wildman–Crippen LogP) is 0.747. The molecule has 7 nitrogen and oxygen atoms in total. The lowest BCUT2D eigenvalue weighted by atomic mass is 10.2. The highest BCUT2D eigenvalue weighted by Gasteiger charge is 2.06. The summed E-state index contributed by atoms with van der Waals surface area (Å²) in [6, 6.07) is 6.99. The Morgan fingerprint density at radius 1 is 1.11 bits per heavy atom. The zero-order valence-electron chi connectivity index (χ0n) is 9.70. The van der Waals surface area contributed by atoms with Gasteiger partial charge in [0.15, 0.2) is 0 Å². The number of nitrogens with zero attached hydrogens (tertiary/aromatic N) is 3. The maximum Gasteiger partial charge on any atom is 0.330 e. The molecule has 0 aliphatic carbocycles. The summed E-state index contributed by atoms with van der Waals surface area (Å²) >= 11 is 0. The average molecular weight is 248 g/mol. The minimum Gasteiger partial charge on any atom is -0.467 e. The van der Waals surface area contributed by atoms with Gasteiger partial charge in [-0.15, -0.1) is 4.98 Å². The highest BCUT2D eigenvalue weighted by Crippen LogP contribution is 2.20. The molecule has 2 rings (SSSR count). The summed E-state index contributed by atoms with van der Waals surface area (Å²) in [4.78, 5) is 11.5. The zero-order chi connectivity index (χ0) is 13.0. The molecule has 2 aromatic rings. The molecule has 7 heteroatoms. The van der Waals surface area contributed by atoms with E-state index < -0.39 is 0 Å². The molecule has 0 unspecified atom stereocenters. The lowest BCUT2D eigenvalue weighted by Gasteiger charge is -2.05. The minimum atomic E-state index is -0.0210. The number of nitrogen functional groups attached to an aromatic ring is 1. The molecular formula is C11H12N4O3. The van der Waals surface area contributed by atoms with Crippen LogP contribution in [0.2, 0.25) is 0 Å². The fourth-order valence-electron chi connectivity index (χ4n) is 1.26. The van der Waals surface area contributed by atoms with Crippen molar-refractivity contribution in [3.8, 4) is 17.8 Å². The first-order valence-electron chi connectivity index (χ1n) is 5.14. The molecule has 94 valence electrons. The van der Waals surface area contributed by atoms with Gasteiger partial charge in [0.1, 0.15) is 5.75 Å². The molecular weight excluding hydrogens is 236 g/mol. The van der Waals surface area contributed by atoms with Gasteiger partial charge in [-0.25, -0.2) is 0 Å². The third kappa shape index (κ3) is 2.83. The van der Waals surface area contributed by atoms with Crippen molar-refractivity contribution in [1.29, 1.82) is 0 Å². The van der Waals surface area contributed by atoms with Crippen molar-refractivity contribution < 1.29 is 14.6 Å². The highest BCUT2D eigenvalue weighted by molar-refractivity contribution is 5.30. The number of nitrogens with two attached hydrogens (primary N) is 1. The fourth-order valence-corrected chi connectivity index (χ4v) is 1.26. The van der Waals surface area contributed by atoms with Crippen LogP contribution >= 0.6 is 0 Å². The van der Waals surface area contributed by atoms with Crippen LogP contribution in [0.25, 0.3) is 0 Å². The van der Waals surface area contributed by atoms with Gasteiger partial charge in [-0.2, -0.15) is 9.97 Å². The van der Waals surface area contributed by atoms with Crippen molar-refractivity contribution in [2.75, 3.05) is 12.8 Å². The normalized spacial score (nSPS) is 10.1. The molecule has 0 atom stereocenters. The van der Waals surface area contributed by atoms with E-state index >= 15 is 0 Å². The van der Waals surface area contributed by atoms with Crippen molar-refractivity contribution in [1.82, 2.24) is 15.0 Å². The van der Waals surface area contributed by atoms with Crippen molar-refractivity contribution in [3.05, 3.63) is 29.8 Å². The molecule has 0 aliphatic rings. The topological polar surface area (TPSA) is 103 Å². The summed E-state index contributed by atoms with van der Waals surface area (Å²) in [5.74, 6) is 0.545. The van der Waals surface area contributed by atoms with Crippen LogP contribution < -0.4 is 15.2 Å². The average Bonchev–Trinajstić information content (AvgIpc) is 2.39. The predicted molar refractivity (Wildman–Crippen MR) is 63.2 cm³/mol. The third-order valence-corrected chi connectivity index (χ3v) is 2.11. The molecule has 0 aliphatic heterocycles. The molecule has 0 amide bonds. The van der Waals surface area contributed by atoms with Crippen LogP contribution in [0.5, 0.6) is 17.8 Å². The van der Waals surface area contributed by atoms with Crippen LogP contribution in [0.3, 0.4) is 0 Å². The molecule has 1 heterocycles. The van der Waals surface area contributed by atoms with Crippen LogP contribution in [0.15, 0.2) is 24.3 Å². The molecule has 3 N–H and O–H groups in total. The largest absolute Gasteiger partial charge is 0.467 e. The molecule has 0 fully saturated rings. The van der Waals surface area contributed by atoms with Gasteiger partial charge in [0.2, 0.25) is 5.95 Å². The van der Waals surface area contributed by atoms with Crippen LogP contribution in [-0.4, -0.2) is 27.2 Å². The number of aliphatic hydroxyl groups is 1. The van der Waals surface area contributed by atoms with Crippen molar-refractivity contribution >= 4 is 5.95 Å². The molecule has 1 aromatic carbocycles. The van der Waals surface area contributed by atoms with Crippen LogP contribution in [-0.2, 0) is 6.61 Å². The van der Waals surface area contributed by atoms with Gasteiger partial charge in [-0.1, -0.05) is 12.1 Å². The SMILES string of the molecule is COc1nc(N)nc(Oc2ccc(CO)cc2)n1. The zero-order valence-corrected chi connectivity index (χ0v) is 9.70. The summed E-state index contributed by atoms with van der Waals surface area (Å²) in [5.41, 5.74) is 6.27. The number of rotatable bonds is 4. The van der Waals surface area contributed by atoms with Gasteiger partial charge in [0, 0.05) is 0 Å². The second-order valence-corrected chi connectivity index (χ2v) is 3.37. The Hall–Kier alpha value is -2.41. The number of benzene rings is 1. The number of hydrogen-bond donors (Lipinski definition) is 2. The number of methoxy groups -OCH3 is 1. The van der Waals surface area contributed by atoms with Crippen molar-refractivity contribution in [3.63, 3.8) is 0 Å². The number of ether oxygens (including phenoxy) is 2. The van der Waals surface area contributed by atoms with Crippen LogP contribution in [0, 0.1) is 0 Å². The van der Waals surface area contributed by atoms with Gasteiger partial charge >= 0.3 is 12.0 Å². The van der Waals surface area contributed by atoms with Gasteiger partial charge in [-0.3, -0.25) is 0 Å². The van der Waals surface area contributed by atoms with E-state index in [1.165, 1.54) is 7.11 Å². The van der Waals surface area contributed by atoms with E-state index in [4.69, 9.17) is 20.3 Å². The first-order valence-corrected chi connectivity index (χ1v) is 5.14. The number of anilines is 1. The van der Waals surface area contributed by atoms with Gasteiger partial charge in [-0.05, 0) is 17.7 Å². The fraction of sp³-hybridized carbons (Fsp3) is 0.182. The Morgan fingerprint density at radius 3 is 2.39 bits per heavy atom. The summed E-state index contributed by atoms with van der Waals surface area (Å²) < 4.78 is 10.3. The Morgan fingerprint density at radius 2 is 1.78 bits per heavy atom. The smallest absolute Gasteiger partial charge is 0.330 e. The quantitative estimate of drug-likeness (QED) is 0.822. The molecule has 18 heavy (non-hydrogen) atoms. The van der Waals surface area contributed by atoms with Gasteiger partial charge < -0.3 is 20.3 Å². The molecule has 0 bridgehead atoms. The summed E-state index contributed by atoms with van der Waals surface area (Å²) in [5, 5.41) is 8.92. The third-order valence-electron chi connectivity index (χ3n) is 2.11. The summed E-state index contributed by atoms with van der Waals surface area (Å²) in [6.07, 6.45) is 0. The lowest BCUT2D eigenvalue weighted by Crippen LogP contribution is -2.02. The monoisotopic (exact) mass is 248 g/mol. The Balaban J connectivity index is 2.19. The molecule has 0 saturated heterocycles. The number of hydrogen-bond acceptors (Lipinski definition) is 7. The number of aromatic nitrogens is 3. The van der Waals surface area contributed by atoms with Crippen molar-refractivity contribution in [2.24, 2.45) is 0 Å². The van der Waals surface area contributed by atoms with Gasteiger partial charge in [0.25, 0.3) is 0 Å². The highest BCUT2D eigenvalue weighted by atomic mass is 16.5. The second-order valence-electron chi connectivity index (χ2n) is 3.37. The maximum atomic E-state index is 8.92. The van der Waals surface area contributed by atoms with E-state index in [9.17, 15) is 0 Å². The lowest BCUT2D eigenvalue weighted by molar-refractivity contribution is 0.281. The van der Waals surface area contributed by atoms with Gasteiger partial charge in [0.05, 0.1) is 13.7 Å². The standard InChI is InChI=1S/C11H12N4O3/c1-17-10-13-9(12)14-11(15-10)18-8-4-2-7(6-16)3-5-8/h2-5,16H,6H2,1H3,(H2,12,13,14,15). The summed E-state index contributed by atoms with van der Waals surface area (Å²) in [7, 11) is 1.43. The van der Waals surface area contributed by atoms with E-state index in [1.807, 2.05) is 0 Å². The first kappa shape index (κ1) is 12.1. The van der Waals surface area contributed by atoms with E-state index in [0.29, 0.717) is 5.75 Å². The molecule has 0 spiro atoms. The number of aliphatic hydroxyl groups excluding tert-OH is 1. The second kappa shape index (κ2) is 5.28.